The Hall–Kier alpha value is -3.38. The van der Waals surface area contributed by atoms with Gasteiger partial charge in [-0.1, -0.05) is 18.2 Å². The number of benzene rings is 1. The number of nitrogens with two attached hydrogens (primary N) is 1. The Labute approximate surface area is 150 Å². The highest BCUT2D eigenvalue weighted by molar-refractivity contribution is 6.12. The van der Waals surface area contributed by atoms with Gasteiger partial charge in [0.05, 0.1) is 25.0 Å². The van der Waals surface area contributed by atoms with E-state index in [0.717, 1.165) is 0 Å². The standard InChI is InChI=1S/C18H20N4O4/c1-4-26-18(24)12-13(19)15(16(25-3)10(2)14(12)22-20)21-17(23)11-8-6-5-7-9-11/h5-9,12H,4,19H2,1-3H3,(H,21,23). The fourth-order valence-electron chi connectivity index (χ4n) is 2.70. The molecule has 1 aliphatic rings. The van der Waals surface area contributed by atoms with E-state index in [9.17, 15) is 15.1 Å². The van der Waals surface area contributed by atoms with Crippen molar-refractivity contribution in [3.63, 3.8) is 0 Å². The predicted octanol–water partition coefficient (Wildman–Crippen LogP) is 1.37. The zero-order chi connectivity index (χ0) is 19.3. The maximum Gasteiger partial charge on any atom is 0.327 e. The van der Waals surface area contributed by atoms with Crippen molar-refractivity contribution in [2.24, 2.45) is 11.7 Å². The number of hydrogen-bond acceptors (Lipinski definition) is 5. The summed E-state index contributed by atoms with van der Waals surface area (Å²) in [5.41, 5.74) is 16.4. The van der Waals surface area contributed by atoms with Crippen molar-refractivity contribution in [3.8, 4) is 0 Å². The normalized spacial score (nSPS) is 16.9. The van der Waals surface area contributed by atoms with E-state index in [0.29, 0.717) is 11.1 Å². The molecule has 1 atom stereocenters. The summed E-state index contributed by atoms with van der Waals surface area (Å²) in [5, 5.41) is 2.68. The quantitative estimate of drug-likeness (QED) is 0.468. The fourth-order valence-corrected chi connectivity index (χ4v) is 2.70. The summed E-state index contributed by atoms with van der Waals surface area (Å²) >= 11 is 0. The van der Waals surface area contributed by atoms with Gasteiger partial charge in [0.15, 0.2) is 11.7 Å². The molecule has 1 unspecified atom stereocenters. The molecule has 0 aliphatic heterocycles. The molecule has 136 valence electrons. The van der Waals surface area contributed by atoms with Crippen molar-refractivity contribution >= 4 is 17.6 Å². The molecule has 8 heteroatoms. The van der Waals surface area contributed by atoms with Crippen LogP contribution in [0.5, 0.6) is 0 Å². The topological polar surface area (TPSA) is 127 Å². The summed E-state index contributed by atoms with van der Waals surface area (Å²) in [7, 11) is 1.39. The fraction of sp³-hybridized carbons (Fsp3) is 0.278. The van der Waals surface area contributed by atoms with E-state index in [2.05, 4.69) is 10.1 Å². The van der Waals surface area contributed by atoms with Crippen LogP contribution in [0.25, 0.3) is 5.53 Å². The van der Waals surface area contributed by atoms with Gasteiger partial charge < -0.3 is 26.1 Å². The van der Waals surface area contributed by atoms with Crippen molar-refractivity contribution in [2.75, 3.05) is 13.7 Å². The molecule has 8 nitrogen and oxygen atoms in total. The van der Waals surface area contributed by atoms with E-state index in [-0.39, 0.29) is 29.5 Å². The minimum atomic E-state index is -1.15. The van der Waals surface area contributed by atoms with Gasteiger partial charge in [-0.05, 0) is 26.0 Å². The average Bonchev–Trinajstić information content (AvgIpc) is 2.65. The molecule has 3 N–H and O–H groups in total. The van der Waals surface area contributed by atoms with Gasteiger partial charge in [0.2, 0.25) is 0 Å². The van der Waals surface area contributed by atoms with Crippen LogP contribution < -0.4 is 11.1 Å². The van der Waals surface area contributed by atoms with Gasteiger partial charge in [-0.3, -0.25) is 9.59 Å². The first-order valence-corrected chi connectivity index (χ1v) is 7.96. The lowest BCUT2D eigenvalue weighted by molar-refractivity contribution is -0.145. The predicted molar refractivity (Wildman–Crippen MR) is 93.6 cm³/mol. The first-order valence-electron chi connectivity index (χ1n) is 7.96. The molecule has 0 radical (unpaired) electrons. The van der Waals surface area contributed by atoms with Gasteiger partial charge >= 0.3 is 11.7 Å². The summed E-state index contributed by atoms with van der Waals surface area (Å²) in [6.45, 7) is 3.38. The second-order valence-corrected chi connectivity index (χ2v) is 5.48. The maximum absolute atomic E-state index is 12.5. The number of methoxy groups -OCH3 is 1. The minimum Gasteiger partial charge on any atom is -0.494 e. The van der Waals surface area contributed by atoms with Crippen LogP contribution in [0.1, 0.15) is 24.2 Å². The molecule has 0 saturated carbocycles. The molecule has 0 fully saturated rings. The largest absolute Gasteiger partial charge is 0.494 e. The third-order valence-corrected chi connectivity index (χ3v) is 3.93. The van der Waals surface area contributed by atoms with Crippen LogP contribution in [0, 0.1) is 5.92 Å². The van der Waals surface area contributed by atoms with E-state index in [1.54, 1.807) is 44.2 Å². The average molecular weight is 356 g/mol. The number of carbonyl (C=O) groups is 2. The van der Waals surface area contributed by atoms with E-state index < -0.39 is 17.8 Å². The Morgan fingerprint density at radius 3 is 2.50 bits per heavy atom. The van der Waals surface area contributed by atoms with Crippen molar-refractivity contribution in [1.82, 2.24) is 5.32 Å². The Kier molecular flexibility index (Phi) is 5.93. The summed E-state index contributed by atoms with van der Waals surface area (Å²) in [4.78, 5) is 28.0. The number of hydrogen-bond donors (Lipinski definition) is 2. The van der Waals surface area contributed by atoms with Gasteiger partial charge in [-0.25, -0.2) is 0 Å². The molecular formula is C18H20N4O4. The monoisotopic (exact) mass is 356 g/mol. The molecule has 1 aromatic carbocycles. The lowest BCUT2D eigenvalue weighted by Gasteiger charge is -2.24. The maximum atomic E-state index is 12.5. The number of nitrogens with zero attached hydrogens (tertiary/aromatic N) is 2. The zero-order valence-corrected chi connectivity index (χ0v) is 14.8. The zero-order valence-electron chi connectivity index (χ0n) is 14.8. The molecule has 2 rings (SSSR count). The highest BCUT2D eigenvalue weighted by atomic mass is 16.5. The Bertz CT molecular complexity index is 836. The highest BCUT2D eigenvalue weighted by Crippen LogP contribution is 2.30. The van der Waals surface area contributed by atoms with Crippen LogP contribution >= 0.6 is 0 Å². The summed E-state index contributed by atoms with van der Waals surface area (Å²) in [6.07, 6.45) is 0. The van der Waals surface area contributed by atoms with Gasteiger partial charge in [0.1, 0.15) is 5.70 Å². The summed E-state index contributed by atoms with van der Waals surface area (Å²) < 4.78 is 10.3. The number of allylic oxidation sites excluding steroid dienone is 1. The third kappa shape index (κ3) is 3.50. The Morgan fingerprint density at radius 2 is 1.96 bits per heavy atom. The summed E-state index contributed by atoms with van der Waals surface area (Å²) in [5.74, 6) is -2.04. The second-order valence-electron chi connectivity index (χ2n) is 5.48. The SMILES string of the molecule is CCOC(=O)C1C(=[N+]=[N-])C(C)=C(OC)C(NC(=O)c2ccccc2)=C1N. The van der Waals surface area contributed by atoms with Crippen molar-refractivity contribution < 1.29 is 23.9 Å². The van der Waals surface area contributed by atoms with Crippen LogP contribution in [0.3, 0.4) is 0 Å². The number of amides is 1. The number of carbonyl (C=O) groups excluding carboxylic acids is 2. The molecule has 0 aromatic heterocycles. The van der Waals surface area contributed by atoms with Crippen LogP contribution in [0.15, 0.2) is 53.1 Å². The van der Waals surface area contributed by atoms with Crippen molar-refractivity contribution in [2.45, 2.75) is 13.8 Å². The lowest BCUT2D eigenvalue weighted by atomic mass is 9.87. The number of rotatable bonds is 5. The molecule has 1 aliphatic carbocycles. The minimum absolute atomic E-state index is 0.00973. The lowest BCUT2D eigenvalue weighted by Crippen LogP contribution is -2.41. The Morgan fingerprint density at radius 1 is 1.31 bits per heavy atom. The molecule has 1 amide bonds. The smallest absolute Gasteiger partial charge is 0.327 e. The van der Waals surface area contributed by atoms with Gasteiger partial charge in [-0.15, -0.1) is 0 Å². The van der Waals surface area contributed by atoms with Gasteiger partial charge in [0, 0.05) is 5.56 Å². The molecule has 0 bridgehead atoms. The van der Waals surface area contributed by atoms with Crippen LogP contribution in [0.4, 0.5) is 0 Å². The van der Waals surface area contributed by atoms with Crippen molar-refractivity contribution in [3.05, 3.63) is 64.2 Å². The van der Waals surface area contributed by atoms with E-state index in [4.69, 9.17) is 15.2 Å². The number of ether oxygens (including phenoxy) is 2. The van der Waals surface area contributed by atoms with Crippen molar-refractivity contribution in [1.29, 1.82) is 0 Å². The Balaban J connectivity index is 2.52. The van der Waals surface area contributed by atoms with Crippen LogP contribution in [-0.2, 0) is 14.3 Å². The molecule has 26 heavy (non-hydrogen) atoms. The number of esters is 1. The number of nitrogens with one attached hydrogen (secondary N) is 1. The van der Waals surface area contributed by atoms with Gasteiger partial charge in [0.25, 0.3) is 5.91 Å². The molecule has 0 saturated heterocycles. The van der Waals surface area contributed by atoms with E-state index in [1.807, 2.05) is 0 Å². The second kappa shape index (κ2) is 8.13. The van der Waals surface area contributed by atoms with E-state index in [1.165, 1.54) is 7.11 Å². The highest BCUT2D eigenvalue weighted by Gasteiger charge is 2.44. The summed E-state index contributed by atoms with van der Waals surface area (Å²) in [6, 6.07) is 8.52. The molecular weight excluding hydrogens is 336 g/mol. The van der Waals surface area contributed by atoms with Crippen LogP contribution in [0.2, 0.25) is 0 Å². The molecule has 0 heterocycles. The van der Waals surface area contributed by atoms with Gasteiger partial charge in [-0.2, -0.15) is 4.79 Å². The van der Waals surface area contributed by atoms with Crippen LogP contribution in [-0.4, -0.2) is 36.1 Å². The molecule has 0 spiro atoms. The molecule has 1 aromatic rings. The first-order chi connectivity index (χ1) is 12.5. The van der Waals surface area contributed by atoms with E-state index >= 15 is 0 Å². The first kappa shape index (κ1) is 19.0. The third-order valence-electron chi connectivity index (χ3n) is 3.93.